The van der Waals surface area contributed by atoms with Crippen molar-refractivity contribution < 1.29 is 27.8 Å². The minimum atomic E-state index is -0.672. The van der Waals surface area contributed by atoms with Crippen molar-refractivity contribution in [1.82, 2.24) is 10.2 Å². The van der Waals surface area contributed by atoms with Crippen molar-refractivity contribution in [3.8, 4) is 11.5 Å². The van der Waals surface area contributed by atoms with E-state index in [0.29, 0.717) is 11.8 Å². The SMILES string of the molecule is COc1ccc(C23CCC(NC(=O)Nc4cc(F)ccc4F)CC2N(C2CCOCC2)CC3)cc1OC. The number of benzene rings is 2. The first-order chi connectivity index (χ1) is 17.9. The average molecular weight is 516 g/mol. The molecule has 0 spiro atoms. The first-order valence-corrected chi connectivity index (χ1v) is 13.0. The molecular formula is C28H35F2N3O4. The molecule has 2 amide bonds. The van der Waals surface area contributed by atoms with Gasteiger partial charge in [-0.05, 0) is 74.9 Å². The van der Waals surface area contributed by atoms with Gasteiger partial charge >= 0.3 is 6.03 Å². The minimum Gasteiger partial charge on any atom is -0.493 e. The fourth-order valence-corrected chi connectivity index (χ4v) is 6.59. The lowest BCUT2D eigenvalue weighted by Crippen LogP contribution is -2.55. The second kappa shape index (κ2) is 10.8. The van der Waals surface area contributed by atoms with Gasteiger partial charge in [0.1, 0.15) is 11.6 Å². The molecule has 2 heterocycles. The van der Waals surface area contributed by atoms with Crippen LogP contribution in [0, 0.1) is 11.6 Å². The summed E-state index contributed by atoms with van der Waals surface area (Å²) in [6.45, 7) is 2.51. The first kappa shape index (κ1) is 25.7. The number of nitrogens with zero attached hydrogens (tertiary/aromatic N) is 1. The third-order valence-corrected chi connectivity index (χ3v) is 8.43. The molecule has 3 unspecified atom stereocenters. The Bertz CT molecular complexity index is 1130. The number of hydrogen-bond donors (Lipinski definition) is 2. The zero-order valence-corrected chi connectivity index (χ0v) is 21.4. The molecule has 1 saturated carbocycles. The fraction of sp³-hybridized carbons (Fsp3) is 0.536. The standard InChI is InChI=1S/C28H35F2N3O4/c1-35-24-6-3-18(15-25(24)36-2)28-10-7-20(31-27(34)32-23-16-19(29)4-5-22(23)30)17-26(28)33(12-11-28)21-8-13-37-14-9-21/h3-6,15-16,20-21,26H,7-14,17H2,1-2H3,(H2,31,32,34). The molecular weight excluding hydrogens is 480 g/mol. The van der Waals surface area contributed by atoms with Crippen LogP contribution in [0.2, 0.25) is 0 Å². The van der Waals surface area contributed by atoms with Gasteiger partial charge in [-0.1, -0.05) is 6.07 Å². The summed E-state index contributed by atoms with van der Waals surface area (Å²) in [5, 5.41) is 5.50. The molecule has 0 bridgehead atoms. The largest absolute Gasteiger partial charge is 0.493 e. The zero-order chi connectivity index (χ0) is 26.0. The second-order valence-corrected chi connectivity index (χ2v) is 10.3. The van der Waals surface area contributed by atoms with Crippen molar-refractivity contribution in [3.05, 3.63) is 53.6 Å². The van der Waals surface area contributed by atoms with Crippen LogP contribution in [0.4, 0.5) is 19.3 Å². The maximum Gasteiger partial charge on any atom is 0.319 e. The molecule has 3 aliphatic rings. The molecule has 5 rings (SSSR count). The molecule has 200 valence electrons. The van der Waals surface area contributed by atoms with Gasteiger partial charge in [0.15, 0.2) is 11.5 Å². The van der Waals surface area contributed by atoms with Crippen molar-refractivity contribution >= 4 is 11.7 Å². The van der Waals surface area contributed by atoms with Gasteiger partial charge in [-0.25, -0.2) is 13.6 Å². The van der Waals surface area contributed by atoms with E-state index >= 15 is 0 Å². The predicted octanol–water partition coefficient (Wildman–Crippen LogP) is 4.85. The Labute approximate surface area is 216 Å². The van der Waals surface area contributed by atoms with Gasteiger partial charge < -0.3 is 24.8 Å². The number of likely N-dealkylation sites (tertiary alicyclic amines) is 1. The van der Waals surface area contributed by atoms with Crippen molar-refractivity contribution in [2.75, 3.05) is 39.3 Å². The van der Waals surface area contributed by atoms with Gasteiger partial charge in [0.25, 0.3) is 0 Å². The van der Waals surface area contributed by atoms with Crippen LogP contribution in [0.15, 0.2) is 36.4 Å². The molecule has 2 aromatic carbocycles. The number of halogens is 2. The maximum absolute atomic E-state index is 14.1. The molecule has 2 N–H and O–H groups in total. The smallest absolute Gasteiger partial charge is 0.319 e. The summed E-state index contributed by atoms with van der Waals surface area (Å²) in [7, 11) is 3.29. The monoisotopic (exact) mass is 515 g/mol. The van der Waals surface area contributed by atoms with Crippen LogP contribution in [0.5, 0.6) is 11.5 Å². The van der Waals surface area contributed by atoms with Gasteiger partial charge in [0.2, 0.25) is 0 Å². The Hall–Kier alpha value is -2.91. The van der Waals surface area contributed by atoms with E-state index in [1.807, 2.05) is 6.07 Å². The molecule has 7 nitrogen and oxygen atoms in total. The number of hydrogen-bond acceptors (Lipinski definition) is 5. The molecule has 3 fully saturated rings. The maximum atomic E-state index is 14.1. The van der Waals surface area contributed by atoms with E-state index in [1.54, 1.807) is 14.2 Å². The van der Waals surface area contributed by atoms with Crippen molar-refractivity contribution in [2.45, 2.75) is 62.1 Å². The molecule has 1 aliphatic carbocycles. The molecule has 2 aromatic rings. The zero-order valence-electron chi connectivity index (χ0n) is 21.4. The van der Waals surface area contributed by atoms with E-state index in [4.69, 9.17) is 14.2 Å². The van der Waals surface area contributed by atoms with Crippen molar-refractivity contribution in [1.29, 1.82) is 0 Å². The topological polar surface area (TPSA) is 72.1 Å². The number of amides is 2. The highest BCUT2D eigenvalue weighted by Crippen LogP contribution is 2.51. The third kappa shape index (κ3) is 5.11. The summed E-state index contributed by atoms with van der Waals surface area (Å²) in [6, 6.07) is 9.30. The third-order valence-electron chi connectivity index (χ3n) is 8.43. The predicted molar refractivity (Wildman–Crippen MR) is 136 cm³/mol. The number of fused-ring (bicyclic) bond motifs is 1. The van der Waals surface area contributed by atoms with E-state index in [1.165, 1.54) is 5.56 Å². The van der Waals surface area contributed by atoms with Crippen LogP contribution < -0.4 is 20.1 Å². The number of methoxy groups -OCH3 is 2. The number of rotatable bonds is 6. The summed E-state index contributed by atoms with van der Waals surface area (Å²) >= 11 is 0. The Kier molecular flexibility index (Phi) is 7.53. The summed E-state index contributed by atoms with van der Waals surface area (Å²) in [5.74, 6) is 0.144. The van der Waals surface area contributed by atoms with Crippen molar-refractivity contribution in [3.63, 3.8) is 0 Å². The van der Waals surface area contributed by atoms with Crippen LogP contribution >= 0.6 is 0 Å². The average Bonchev–Trinajstić information content (AvgIpc) is 3.30. The number of nitrogens with one attached hydrogen (secondary N) is 2. The molecule has 9 heteroatoms. The van der Waals surface area contributed by atoms with Crippen LogP contribution in [-0.4, -0.2) is 63.0 Å². The number of carbonyl (C=O) groups excluding carboxylic acids is 1. The van der Waals surface area contributed by atoms with E-state index in [2.05, 4.69) is 27.7 Å². The Balaban J connectivity index is 1.38. The fourth-order valence-electron chi connectivity index (χ4n) is 6.59. The highest BCUT2D eigenvalue weighted by atomic mass is 19.1. The summed E-state index contributed by atoms with van der Waals surface area (Å²) in [5.41, 5.74) is 0.994. The molecule has 37 heavy (non-hydrogen) atoms. The number of ether oxygens (including phenoxy) is 3. The van der Waals surface area contributed by atoms with Gasteiger partial charge in [-0.3, -0.25) is 4.90 Å². The van der Waals surface area contributed by atoms with E-state index < -0.39 is 17.7 Å². The Morgan fingerprint density at radius 1 is 1.03 bits per heavy atom. The quantitative estimate of drug-likeness (QED) is 0.576. The minimum absolute atomic E-state index is 0.0683. The number of carbonyl (C=O) groups is 1. The van der Waals surface area contributed by atoms with E-state index in [9.17, 15) is 13.6 Å². The van der Waals surface area contributed by atoms with Gasteiger partial charge in [0.05, 0.1) is 19.9 Å². The van der Waals surface area contributed by atoms with Crippen LogP contribution in [0.3, 0.4) is 0 Å². The normalized spacial score (nSPS) is 26.4. The molecule has 2 aliphatic heterocycles. The molecule has 3 atom stereocenters. The molecule has 2 saturated heterocycles. The van der Waals surface area contributed by atoms with Crippen LogP contribution in [0.25, 0.3) is 0 Å². The lowest BCUT2D eigenvalue weighted by Gasteiger charge is -2.47. The van der Waals surface area contributed by atoms with Gasteiger partial charge in [0, 0.05) is 42.8 Å². The van der Waals surface area contributed by atoms with Crippen LogP contribution in [0.1, 0.15) is 44.1 Å². The molecule has 0 radical (unpaired) electrons. The number of anilines is 1. The van der Waals surface area contributed by atoms with E-state index in [-0.39, 0.29) is 23.2 Å². The van der Waals surface area contributed by atoms with Crippen LogP contribution in [-0.2, 0) is 10.2 Å². The first-order valence-electron chi connectivity index (χ1n) is 13.0. The Morgan fingerprint density at radius 2 is 1.81 bits per heavy atom. The van der Waals surface area contributed by atoms with E-state index in [0.717, 1.165) is 82.2 Å². The summed E-state index contributed by atoms with van der Waals surface area (Å²) in [6.07, 6.45) is 5.46. The van der Waals surface area contributed by atoms with Gasteiger partial charge in [-0.15, -0.1) is 0 Å². The highest BCUT2D eigenvalue weighted by Gasteiger charge is 2.53. The number of urea groups is 1. The molecule has 0 aromatic heterocycles. The summed E-state index contributed by atoms with van der Waals surface area (Å²) in [4.78, 5) is 15.4. The summed E-state index contributed by atoms with van der Waals surface area (Å²) < 4.78 is 44.3. The Morgan fingerprint density at radius 3 is 2.57 bits per heavy atom. The lowest BCUT2D eigenvalue weighted by molar-refractivity contribution is 0.0143. The lowest BCUT2D eigenvalue weighted by atomic mass is 9.65. The van der Waals surface area contributed by atoms with Crippen molar-refractivity contribution in [2.24, 2.45) is 0 Å². The highest BCUT2D eigenvalue weighted by molar-refractivity contribution is 5.89. The second-order valence-electron chi connectivity index (χ2n) is 10.3. The van der Waals surface area contributed by atoms with Gasteiger partial charge in [-0.2, -0.15) is 0 Å².